The Morgan fingerprint density at radius 3 is 2.83 bits per heavy atom. The lowest BCUT2D eigenvalue weighted by Gasteiger charge is -2.27. The van der Waals surface area contributed by atoms with Gasteiger partial charge in [-0.15, -0.1) is 0 Å². The highest BCUT2D eigenvalue weighted by molar-refractivity contribution is 8.00. The third-order valence-electron chi connectivity index (χ3n) is 2.03. The van der Waals surface area contributed by atoms with Crippen molar-refractivity contribution in [1.29, 1.82) is 0 Å². The lowest BCUT2D eigenvalue weighted by atomic mass is 10.2. The van der Waals surface area contributed by atoms with Crippen LogP contribution in [0.15, 0.2) is 24.3 Å². The van der Waals surface area contributed by atoms with Crippen molar-refractivity contribution < 1.29 is 0 Å². The summed E-state index contributed by atoms with van der Waals surface area (Å²) in [4.78, 5) is 0. The quantitative estimate of drug-likeness (QED) is 0.748. The fraction of sp³-hybridized carbons (Fsp3) is 0.400. The number of aryl methyl sites for hydroxylation is 1. The molecule has 12 heavy (non-hydrogen) atoms. The van der Waals surface area contributed by atoms with Crippen LogP contribution in [0.1, 0.15) is 5.56 Å². The average molecular weight is 179 g/mol. The van der Waals surface area contributed by atoms with E-state index in [0.717, 1.165) is 0 Å². The van der Waals surface area contributed by atoms with E-state index in [1.54, 1.807) is 0 Å². The number of hydrogen-bond donors (Lipinski definition) is 1. The largest absolute Gasteiger partial charge is 0.381 e. The minimum absolute atomic E-state index is 0.705. The Morgan fingerprint density at radius 2 is 2.25 bits per heavy atom. The fourth-order valence-corrected chi connectivity index (χ4v) is 1.93. The van der Waals surface area contributed by atoms with Gasteiger partial charge in [0.05, 0.1) is 0 Å². The Labute approximate surface area is 77.6 Å². The predicted molar refractivity (Wildman–Crippen MR) is 55.9 cm³/mol. The van der Waals surface area contributed by atoms with E-state index in [2.05, 4.69) is 36.5 Å². The maximum absolute atomic E-state index is 3.50. The van der Waals surface area contributed by atoms with Crippen molar-refractivity contribution in [3.8, 4) is 0 Å². The van der Waals surface area contributed by atoms with Gasteiger partial charge in [0.1, 0.15) is 0 Å². The maximum Gasteiger partial charge on any atom is 0.0442 e. The molecule has 0 aliphatic carbocycles. The Morgan fingerprint density at radius 1 is 1.42 bits per heavy atom. The number of anilines is 1. The number of hydrogen-bond acceptors (Lipinski definition) is 2. The zero-order valence-electron chi connectivity index (χ0n) is 7.21. The first-order valence-electron chi connectivity index (χ1n) is 4.25. The zero-order chi connectivity index (χ0) is 8.39. The van der Waals surface area contributed by atoms with Crippen LogP contribution >= 0.6 is 11.8 Å². The van der Waals surface area contributed by atoms with E-state index >= 15 is 0 Å². The second-order valence-corrected chi connectivity index (χ2v) is 4.32. The minimum Gasteiger partial charge on any atom is -0.381 e. The van der Waals surface area contributed by atoms with Gasteiger partial charge in [0.25, 0.3) is 0 Å². The smallest absolute Gasteiger partial charge is 0.0442 e. The van der Waals surface area contributed by atoms with Crippen molar-refractivity contribution in [2.75, 3.05) is 16.8 Å². The molecule has 1 N–H and O–H groups in total. The third-order valence-corrected chi connectivity index (χ3v) is 3.30. The van der Waals surface area contributed by atoms with Gasteiger partial charge in [-0.1, -0.05) is 12.1 Å². The van der Waals surface area contributed by atoms with Crippen LogP contribution in [-0.2, 0) is 0 Å². The Kier molecular flexibility index (Phi) is 2.26. The first kappa shape index (κ1) is 7.99. The van der Waals surface area contributed by atoms with Crippen LogP contribution in [0.25, 0.3) is 0 Å². The highest BCUT2D eigenvalue weighted by Crippen LogP contribution is 2.22. The van der Waals surface area contributed by atoms with E-state index in [0.29, 0.717) is 6.04 Å². The van der Waals surface area contributed by atoms with E-state index < -0.39 is 0 Å². The van der Waals surface area contributed by atoms with Crippen molar-refractivity contribution >= 4 is 17.4 Å². The van der Waals surface area contributed by atoms with E-state index in [4.69, 9.17) is 0 Å². The van der Waals surface area contributed by atoms with Crippen LogP contribution in [0, 0.1) is 6.92 Å². The second-order valence-electron chi connectivity index (χ2n) is 3.25. The fourth-order valence-electron chi connectivity index (χ4n) is 1.29. The Bertz CT molecular complexity index is 268. The molecule has 1 saturated heterocycles. The summed E-state index contributed by atoms with van der Waals surface area (Å²) in [7, 11) is 0. The molecule has 1 fully saturated rings. The van der Waals surface area contributed by atoms with E-state index in [1.807, 2.05) is 11.8 Å². The highest BCUT2D eigenvalue weighted by atomic mass is 32.2. The SMILES string of the molecule is Cc1cccc(NC2CSC2)c1. The lowest BCUT2D eigenvalue weighted by Crippen LogP contribution is -2.33. The average Bonchev–Trinajstić information content (AvgIpc) is 1.97. The topological polar surface area (TPSA) is 12.0 Å². The van der Waals surface area contributed by atoms with Crippen molar-refractivity contribution in [3.63, 3.8) is 0 Å². The van der Waals surface area contributed by atoms with Crippen LogP contribution < -0.4 is 5.32 Å². The normalized spacial score (nSPS) is 17.1. The first-order chi connectivity index (χ1) is 5.84. The molecule has 0 atom stereocenters. The highest BCUT2D eigenvalue weighted by Gasteiger charge is 2.16. The van der Waals surface area contributed by atoms with Gasteiger partial charge in [-0.25, -0.2) is 0 Å². The summed E-state index contributed by atoms with van der Waals surface area (Å²) in [6.45, 7) is 2.13. The summed E-state index contributed by atoms with van der Waals surface area (Å²) < 4.78 is 0. The molecule has 0 aromatic heterocycles. The summed E-state index contributed by atoms with van der Waals surface area (Å²) in [5, 5.41) is 3.50. The van der Waals surface area contributed by atoms with Crippen molar-refractivity contribution in [3.05, 3.63) is 29.8 Å². The monoisotopic (exact) mass is 179 g/mol. The number of thioether (sulfide) groups is 1. The molecule has 0 amide bonds. The van der Waals surface area contributed by atoms with E-state index in [1.165, 1.54) is 22.8 Å². The Hall–Kier alpha value is -0.630. The molecule has 64 valence electrons. The molecule has 0 saturated carbocycles. The summed E-state index contributed by atoms with van der Waals surface area (Å²) in [5.74, 6) is 2.52. The molecule has 0 radical (unpaired) electrons. The van der Waals surface area contributed by atoms with Gasteiger partial charge in [-0.3, -0.25) is 0 Å². The van der Waals surface area contributed by atoms with Gasteiger partial charge >= 0.3 is 0 Å². The van der Waals surface area contributed by atoms with Crippen LogP contribution in [-0.4, -0.2) is 17.5 Å². The molecule has 0 unspecified atom stereocenters. The molecule has 1 nitrogen and oxygen atoms in total. The minimum atomic E-state index is 0.705. The second kappa shape index (κ2) is 3.40. The number of nitrogens with one attached hydrogen (secondary N) is 1. The molecule has 1 aromatic rings. The summed E-state index contributed by atoms with van der Waals surface area (Å²) in [5.41, 5.74) is 2.59. The van der Waals surface area contributed by atoms with Gasteiger partial charge < -0.3 is 5.32 Å². The molecule has 0 spiro atoms. The van der Waals surface area contributed by atoms with Crippen LogP contribution in [0.2, 0.25) is 0 Å². The molecule has 1 aliphatic heterocycles. The van der Waals surface area contributed by atoms with E-state index in [-0.39, 0.29) is 0 Å². The molecular formula is C10H13NS. The van der Waals surface area contributed by atoms with Gasteiger partial charge in [0, 0.05) is 23.2 Å². The van der Waals surface area contributed by atoms with Crippen LogP contribution in [0.5, 0.6) is 0 Å². The van der Waals surface area contributed by atoms with Gasteiger partial charge in [-0.05, 0) is 24.6 Å². The van der Waals surface area contributed by atoms with Gasteiger partial charge in [-0.2, -0.15) is 11.8 Å². The zero-order valence-corrected chi connectivity index (χ0v) is 8.03. The van der Waals surface area contributed by atoms with Gasteiger partial charge in [0.15, 0.2) is 0 Å². The lowest BCUT2D eigenvalue weighted by molar-refractivity contribution is 0.882. The molecule has 0 bridgehead atoms. The Balaban J connectivity index is 2.02. The van der Waals surface area contributed by atoms with Crippen molar-refractivity contribution in [1.82, 2.24) is 0 Å². The first-order valence-corrected chi connectivity index (χ1v) is 5.41. The van der Waals surface area contributed by atoms with Crippen molar-refractivity contribution in [2.24, 2.45) is 0 Å². The molecule has 1 heterocycles. The maximum atomic E-state index is 3.50. The van der Waals surface area contributed by atoms with Crippen LogP contribution in [0.4, 0.5) is 5.69 Å². The molecule has 2 rings (SSSR count). The standard InChI is InChI=1S/C10H13NS/c1-8-3-2-4-9(5-8)11-10-6-12-7-10/h2-5,10-11H,6-7H2,1H3. The number of rotatable bonds is 2. The third kappa shape index (κ3) is 1.75. The van der Waals surface area contributed by atoms with Gasteiger partial charge in [0.2, 0.25) is 0 Å². The molecule has 1 aliphatic rings. The predicted octanol–water partition coefficient (Wildman–Crippen LogP) is 2.52. The van der Waals surface area contributed by atoms with E-state index in [9.17, 15) is 0 Å². The van der Waals surface area contributed by atoms with Crippen LogP contribution in [0.3, 0.4) is 0 Å². The molecule has 2 heteroatoms. The summed E-state index contributed by atoms with van der Waals surface area (Å²) in [6.07, 6.45) is 0. The molecular weight excluding hydrogens is 166 g/mol. The summed E-state index contributed by atoms with van der Waals surface area (Å²) in [6, 6.07) is 9.26. The summed E-state index contributed by atoms with van der Waals surface area (Å²) >= 11 is 2.01. The van der Waals surface area contributed by atoms with Crippen molar-refractivity contribution in [2.45, 2.75) is 13.0 Å². The number of benzene rings is 1. The molecule has 1 aromatic carbocycles.